The fourth-order valence-electron chi connectivity index (χ4n) is 9.84. The van der Waals surface area contributed by atoms with Crippen LogP contribution < -0.4 is 0 Å². The zero-order chi connectivity index (χ0) is 57.1. The Morgan fingerprint density at radius 3 is 0.772 bits per heavy atom. The lowest BCUT2D eigenvalue weighted by Gasteiger charge is -2.18. The SMILES string of the molecule is CC/C=C\C/C=C\C/C=C\C/C=C\C/C=C\C/C=C\C/C=C\CCCCCCCCCCCC(=O)OCC(COC(=O)CCCCCCCCCCCCCCCC)OC(=O)CCCCCCCCCCCCCCCCCC. The first-order valence-corrected chi connectivity index (χ1v) is 34.1. The highest BCUT2D eigenvalue weighted by molar-refractivity contribution is 5.71. The van der Waals surface area contributed by atoms with Crippen LogP contribution in [-0.4, -0.2) is 37.2 Å². The molecule has 0 aliphatic carbocycles. The summed E-state index contributed by atoms with van der Waals surface area (Å²) in [6.07, 6.45) is 88.8. The number of carbonyl (C=O) groups is 3. The van der Waals surface area contributed by atoms with Crippen LogP contribution in [0.25, 0.3) is 0 Å². The normalized spacial score (nSPS) is 12.6. The molecule has 79 heavy (non-hydrogen) atoms. The lowest BCUT2D eigenvalue weighted by atomic mass is 10.0. The topological polar surface area (TPSA) is 78.9 Å². The van der Waals surface area contributed by atoms with Gasteiger partial charge in [0.05, 0.1) is 0 Å². The largest absolute Gasteiger partial charge is 0.462 e. The van der Waals surface area contributed by atoms with Crippen molar-refractivity contribution in [3.63, 3.8) is 0 Å². The van der Waals surface area contributed by atoms with Crippen LogP contribution in [0, 0.1) is 0 Å². The van der Waals surface area contributed by atoms with Gasteiger partial charge in [0, 0.05) is 19.3 Å². The van der Waals surface area contributed by atoms with Gasteiger partial charge in [-0.3, -0.25) is 14.4 Å². The van der Waals surface area contributed by atoms with Gasteiger partial charge in [0.2, 0.25) is 0 Å². The second-order valence-corrected chi connectivity index (χ2v) is 22.7. The van der Waals surface area contributed by atoms with Crippen molar-refractivity contribution >= 4 is 17.9 Å². The minimum Gasteiger partial charge on any atom is -0.462 e. The summed E-state index contributed by atoms with van der Waals surface area (Å²) in [4.78, 5) is 38.4. The summed E-state index contributed by atoms with van der Waals surface area (Å²) >= 11 is 0. The molecule has 0 saturated heterocycles. The summed E-state index contributed by atoms with van der Waals surface area (Å²) in [7, 11) is 0. The molecule has 6 nitrogen and oxygen atoms in total. The maximum Gasteiger partial charge on any atom is 0.306 e. The number of hydrogen-bond acceptors (Lipinski definition) is 6. The van der Waals surface area contributed by atoms with E-state index in [9.17, 15) is 14.4 Å². The van der Waals surface area contributed by atoms with Crippen LogP contribution >= 0.6 is 0 Å². The molecule has 0 heterocycles. The van der Waals surface area contributed by atoms with Crippen molar-refractivity contribution in [2.75, 3.05) is 13.2 Å². The number of rotatable bonds is 62. The summed E-state index contributed by atoms with van der Waals surface area (Å²) < 4.78 is 17.0. The number of esters is 3. The first-order chi connectivity index (χ1) is 39.0. The molecule has 0 aromatic heterocycles. The molecule has 0 aliphatic heterocycles. The van der Waals surface area contributed by atoms with Crippen LogP contribution in [0.3, 0.4) is 0 Å². The zero-order valence-corrected chi connectivity index (χ0v) is 52.4. The molecule has 0 bridgehead atoms. The monoisotopic (exact) mass is 1100 g/mol. The molecule has 0 spiro atoms. The number of carbonyl (C=O) groups excluding carboxylic acids is 3. The standard InChI is InChI=1S/C73H128O6/c1-4-7-10-13-16-19-22-25-28-30-31-32-33-34-35-36-37-38-39-40-41-42-43-44-46-48-51-54-57-60-63-66-72(75)78-69-70(68-77-71(74)65-62-59-56-53-50-47-27-24-21-18-15-12-9-6-3)79-73(76)67-64-61-58-55-52-49-45-29-26-23-20-17-14-11-8-5-2/h7,10,16,19,25,28,31-32,34-35,37-38,40-41,70H,4-6,8-9,11-15,17-18,20-24,26-27,29-30,33,36,39,42-69H2,1-3H3/b10-7-,19-16-,28-25-,32-31-,35-34-,38-37-,41-40-. The van der Waals surface area contributed by atoms with Crippen LogP contribution in [0.5, 0.6) is 0 Å². The van der Waals surface area contributed by atoms with E-state index < -0.39 is 6.10 Å². The predicted octanol–water partition coefficient (Wildman–Crippen LogP) is 23.4. The molecule has 1 atom stereocenters. The smallest absolute Gasteiger partial charge is 0.306 e. The lowest BCUT2D eigenvalue weighted by Crippen LogP contribution is -2.30. The van der Waals surface area contributed by atoms with Gasteiger partial charge < -0.3 is 14.2 Å². The first kappa shape index (κ1) is 75.6. The Morgan fingerprint density at radius 2 is 0.494 bits per heavy atom. The Bertz CT molecular complexity index is 1500. The van der Waals surface area contributed by atoms with Gasteiger partial charge in [-0.15, -0.1) is 0 Å². The van der Waals surface area contributed by atoms with Crippen molar-refractivity contribution < 1.29 is 28.6 Å². The maximum absolute atomic E-state index is 12.9. The molecular weight excluding hydrogens is 973 g/mol. The summed E-state index contributed by atoms with van der Waals surface area (Å²) in [6, 6.07) is 0. The van der Waals surface area contributed by atoms with E-state index in [0.29, 0.717) is 19.3 Å². The molecule has 0 saturated carbocycles. The van der Waals surface area contributed by atoms with Gasteiger partial charge in [-0.1, -0.05) is 331 Å². The summed E-state index contributed by atoms with van der Waals surface area (Å²) in [5.41, 5.74) is 0. The third kappa shape index (κ3) is 65.3. The van der Waals surface area contributed by atoms with Gasteiger partial charge in [-0.2, -0.15) is 0 Å². The molecule has 6 heteroatoms. The quantitative estimate of drug-likeness (QED) is 0.0261. The number of ether oxygens (including phenoxy) is 3. The van der Waals surface area contributed by atoms with Crippen LogP contribution in [0.15, 0.2) is 85.1 Å². The summed E-state index contributed by atoms with van der Waals surface area (Å²) in [5.74, 6) is -0.859. The Morgan fingerprint density at radius 1 is 0.266 bits per heavy atom. The predicted molar refractivity (Wildman–Crippen MR) is 344 cm³/mol. The summed E-state index contributed by atoms with van der Waals surface area (Å²) in [6.45, 7) is 6.57. The third-order valence-electron chi connectivity index (χ3n) is 14.9. The Labute approximate surface area is 490 Å². The van der Waals surface area contributed by atoms with E-state index in [-0.39, 0.29) is 31.1 Å². The van der Waals surface area contributed by atoms with Crippen LogP contribution in [0.2, 0.25) is 0 Å². The molecule has 0 aromatic rings. The molecule has 1 unspecified atom stereocenters. The highest BCUT2D eigenvalue weighted by atomic mass is 16.6. The Kier molecular flexibility index (Phi) is 64.2. The summed E-state index contributed by atoms with van der Waals surface area (Å²) in [5, 5.41) is 0. The maximum atomic E-state index is 12.9. The van der Waals surface area contributed by atoms with Crippen LogP contribution in [0.4, 0.5) is 0 Å². The van der Waals surface area contributed by atoms with Crippen LogP contribution in [-0.2, 0) is 28.6 Å². The first-order valence-electron chi connectivity index (χ1n) is 34.1. The van der Waals surface area contributed by atoms with Crippen LogP contribution in [0.1, 0.15) is 342 Å². The molecule has 456 valence electrons. The number of allylic oxidation sites excluding steroid dienone is 14. The molecule has 0 amide bonds. The second-order valence-electron chi connectivity index (χ2n) is 22.7. The average molecular weight is 1100 g/mol. The molecular formula is C73H128O6. The Balaban J connectivity index is 4.26. The third-order valence-corrected chi connectivity index (χ3v) is 14.9. The minimum absolute atomic E-state index is 0.0722. The number of hydrogen-bond donors (Lipinski definition) is 0. The second kappa shape index (κ2) is 67.1. The van der Waals surface area contributed by atoms with E-state index in [4.69, 9.17) is 14.2 Å². The van der Waals surface area contributed by atoms with E-state index >= 15 is 0 Å². The van der Waals surface area contributed by atoms with E-state index in [0.717, 1.165) is 109 Å². The van der Waals surface area contributed by atoms with Gasteiger partial charge in [0.15, 0.2) is 6.10 Å². The van der Waals surface area contributed by atoms with Gasteiger partial charge in [-0.05, 0) is 77.0 Å². The molecule has 0 N–H and O–H groups in total. The van der Waals surface area contributed by atoms with E-state index in [2.05, 4.69) is 106 Å². The molecule has 0 aromatic carbocycles. The fraction of sp³-hybridized carbons (Fsp3) is 0.767. The Hall–Kier alpha value is -3.41. The lowest BCUT2D eigenvalue weighted by molar-refractivity contribution is -0.167. The molecule has 0 rings (SSSR count). The molecule has 0 radical (unpaired) electrons. The highest BCUT2D eigenvalue weighted by Crippen LogP contribution is 2.17. The average Bonchev–Trinajstić information content (AvgIpc) is 3.45. The minimum atomic E-state index is -0.776. The van der Waals surface area contributed by atoms with E-state index in [1.165, 1.54) is 193 Å². The molecule has 0 aliphatic rings. The van der Waals surface area contributed by atoms with E-state index in [1.54, 1.807) is 0 Å². The zero-order valence-electron chi connectivity index (χ0n) is 52.4. The number of unbranched alkanes of at least 4 members (excludes halogenated alkanes) is 37. The van der Waals surface area contributed by atoms with Crippen molar-refractivity contribution in [2.45, 2.75) is 348 Å². The van der Waals surface area contributed by atoms with Crippen molar-refractivity contribution in [3.05, 3.63) is 85.1 Å². The van der Waals surface area contributed by atoms with Crippen molar-refractivity contribution in [1.82, 2.24) is 0 Å². The van der Waals surface area contributed by atoms with E-state index in [1.807, 2.05) is 0 Å². The fourth-order valence-corrected chi connectivity index (χ4v) is 9.84. The molecule has 0 fully saturated rings. The highest BCUT2D eigenvalue weighted by Gasteiger charge is 2.19. The van der Waals surface area contributed by atoms with Gasteiger partial charge >= 0.3 is 17.9 Å². The van der Waals surface area contributed by atoms with Crippen molar-refractivity contribution in [2.24, 2.45) is 0 Å². The van der Waals surface area contributed by atoms with Gasteiger partial charge in [0.1, 0.15) is 13.2 Å². The van der Waals surface area contributed by atoms with Gasteiger partial charge in [-0.25, -0.2) is 0 Å². The van der Waals surface area contributed by atoms with Crippen molar-refractivity contribution in [1.29, 1.82) is 0 Å². The van der Waals surface area contributed by atoms with Gasteiger partial charge in [0.25, 0.3) is 0 Å². The van der Waals surface area contributed by atoms with Crippen molar-refractivity contribution in [3.8, 4) is 0 Å².